The fourth-order valence-corrected chi connectivity index (χ4v) is 21.2. The largest absolute Gasteiger partial charge is 0.501 e. The van der Waals surface area contributed by atoms with Gasteiger partial charge in [-0.2, -0.15) is 13.2 Å². The molecule has 0 bridgehead atoms. The first-order valence-corrected chi connectivity index (χ1v) is 47.9. The summed E-state index contributed by atoms with van der Waals surface area (Å²) in [5.74, 6) is -1.59. The van der Waals surface area contributed by atoms with E-state index in [0.29, 0.717) is 133 Å². The van der Waals surface area contributed by atoms with E-state index < -0.39 is 70.3 Å². The third kappa shape index (κ3) is 24.7. The number of likely N-dealkylation sites (tertiary alicyclic amines) is 1. The number of carbonyl (C=O) groups excluding carboxylic acids is 5. The van der Waals surface area contributed by atoms with Crippen molar-refractivity contribution in [2.24, 2.45) is 10.8 Å². The zero-order chi connectivity index (χ0) is 87.2. The lowest BCUT2D eigenvalue weighted by Crippen LogP contribution is -2.59. The highest BCUT2D eigenvalue weighted by molar-refractivity contribution is 7.99. The van der Waals surface area contributed by atoms with Crippen molar-refractivity contribution in [2.75, 3.05) is 167 Å². The van der Waals surface area contributed by atoms with Gasteiger partial charge in [-0.15, -0.1) is 23.1 Å². The van der Waals surface area contributed by atoms with Crippen molar-refractivity contribution >= 4 is 101 Å². The highest BCUT2D eigenvalue weighted by atomic mass is 35.5. The average Bonchev–Trinajstić information content (AvgIpc) is 1.43. The predicted molar refractivity (Wildman–Crippen MR) is 477 cm³/mol. The first kappa shape index (κ1) is 92.3. The van der Waals surface area contributed by atoms with Gasteiger partial charge in [0.2, 0.25) is 17.7 Å². The molecule has 0 spiro atoms. The number of aryl methyl sites for hydroxylation is 1. The highest BCUT2D eigenvalue weighted by Crippen LogP contribution is 2.45. The van der Waals surface area contributed by atoms with E-state index in [-0.39, 0.29) is 47.2 Å². The predicted octanol–water partition coefficient (Wildman–Crippen LogP) is 11.6. The monoisotopic (exact) mass is 1790 g/mol. The number of sulfonamides is 1. The third-order valence-electron chi connectivity index (χ3n) is 24.4. The van der Waals surface area contributed by atoms with Crippen molar-refractivity contribution in [2.45, 2.75) is 137 Å². The lowest BCUT2D eigenvalue weighted by atomic mass is 9.71. The summed E-state index contributed by atoms with van der Waals surface area (Å²) < 4.78 is 105. The second-order valence-electron chi connectivity index (χ2n) is 34.6. The number of alkyl halides is 3. The Morgan fingerprint density at radius 2 is 1.36 bits per heavy atom. The topological polar surface area (TPSA) is 275 Å². The summed E-state index contributed by atoms with van der Waals surface area (Å²) in [4.78, 5) is 95.9. The van der Waals surface area contributed by atoms with Gasteiger partial charge < -0.3 is 45.6 Å². The zero-order valence-electron chi connectivity index (χ0n) is 71.0. The quantitative estimate of drug-likeness (QED) is 0.0245. The number of pyridine rings is 1. The number of anilines is 2. The molecule has 5 saturated heterocycles. The molecular weight excluding hydrogens is 1670 g/mol. The number of thioether (sulfide) groups is 1. The fraction of sp³-hybridized carbons (Fsp3) is 0.500. The van der Waals surface area contributed by atoms with Crippen molar-refractivity contribution in [3.63, 3.8) is 0 Å². The van der Waals surface area contributed by atoms with Gasteiger partial charge in [-0.3, -0.25) is 48.6 Å². The number of benzene rings is 5. The zero-order valence-corrected chi connectivity index (χ0v) is 75.0. The molecule has 5 atom stereocenters. The molecule has 7 aromatic rings. The van der Waals surface area contributed by atoms with Gasteiger partial charge in [0.15, 0.2) is 0 Å². The molecule has 5 aromatic carbocycles. The summed E-state index contributed by atoms with van der Waals surface area (Å²) in [5.41, 5.74) is 4.17. The summed E-state index contributed by atoms with van der Waals surface area (Å²) in [7, 11) is -11.0. The maximum atomic E-state index is 14.5. The molecule has 6 aliphatic rings. The van der Waals surface area contributed by atoms with E-state index in [1.807, 2.05) is 124 Å². The van der Waals surface area contributed by atoms with Gasteiger partial charge in [0.1, 0.15) is 17.0 Å². The minimum atomic E-state index is -6.11. The first-order valence-electron chi connectivity index (χ1n) is 42.6. The molecule has 7 heterocycles. The summed E-state index contributed by atoms with van der Waals surface area (Å²) >= 11 is 9.46. The van der Waals surface area contributed by atoms with Crippen molar-refractivity contribution in [3.8, 4) is 10.4 Å². The molecule has 1 aliphatic carbocycles. The second-order valence-corrected chi connectivity index (χ2v) is 40.6. The summed E-state index contributed by atoms with van der Waals surface area (Å²) in [6, 6.07) is 36.0. The van der Waals surface area contributed by atoms with Crippen LogP contribution in [0.15, 0.2) is 165 Å². The van der Waals surface area contributed by atoms with Crippen LogP contribution in [0.4, 0.5) is 24.5 Å². The number of rotatable bonds is 32. The van der Waals surface area contributed by atoms with Crippen molar-refractivity contribution in [1.29, 1.82) is 0 Å². The molecular formula is C90H115ClF3N15O10S4. The normalized spacial score (nSPS) is 20.0. The molecule has 0 radical (unpaired) electrons. The number of halogens is 4. The van der Waals surface area contributed by atoms with Crippen LogP contribution in [0.2, 0.25) is 5.02 Å². The molecule has 5 N–H and O–H groups in total. The van der Waals surface area contributed by atoms with Crippen molar-refractivity contribution in [1.82, 2.24) is 64.9 Å². The summed E-state index contributed by atoms with van der Waals surface area (Å²) in [6.45, 7) is 28.5. The van der Waals surface area contributed by atoms with Gasteiger partial charge in [0.25, 0.3) is 31.7 Å². The van der Waals surface area contributed by atoms with Crippen LogP contribution in [0.3, 0.4) is 0 Å². The first-order chi connectivity index (χ1) is 58.8. The van der Waals surface area contributed by atoms with Crippen molar-refractivity contribution < 1.29 is 58.7 Å². The molecule has 25 nitrogen and oxygen atoms in total. The maximum Gasteiger partial charge on any atom is 0.501 e. The number of nitrogens with one attached hydrogen (secondary N) is 5. The fourth-order valence-electron chi connectivity index (χ4n) is 17.3. The Hall–Kier alpha value is -8.38. The Morgan fingerprint density at radius 3 is 2.04 bits per heavy atom. The third-order valence-corrected chi connectivity index (χ3v) is 29.6. The van der Waals surface area contributed by atoms with E-state index in [9.17, 15) is 54.0 Å². The molecule has 662 valence electrons. The van der Waals surface area contributed by atoms with Gasteiger partial charge >= 0.3 is 5.51 Å². The minimum Gasteiger partial charge on any atom is -0.380 e. The van der Waals surface area contributed by atoms with Crippen LogP contribution >= 0.6 is 34.7 Å². The number of aromatic nitrogens is 2. The number of piperazine rings is 3. The number of carbonyl (C=O) groups is 5. The molecule has 5 aliphatic heterocycles. The molecule has 0 saturated carbocycles. The van der Waals surface area contributed by atoms with Gasteiger partial charge in [-0.25, -0.2) is 26.5 Å². The van der Waals surface area contributed by atoms with Crippen LogP contribution < -0.4 is 30.9 Å². The smallest absolute Gasteiger partial charge is 0.380 e. The summed E-state index contributed by atoms with van der Waals surface area (Å²) in [5, 5.41) is 13.0. The number of sulfone groups is 1. The number of hydrogen-bond acceptors (Lipinski definition) is 22. The van der Waals surface area contributed by atoms with Crippen LogP contribution in [0, 0.1) is 17.8 Å². The van der Waals surface area contributed by atoms with E-state index in [1.54, 1.807) is 34.6 Å². The number of nitrogens with zero attached hydrogens (tertiary/aromatic N) is 10. The highest BCUT2D eigenvalue weighted by Gasteiger charge is 2.49. The number of allylic oxidation sites excluding steroid dienone is 1. The Kier molecular flexibility index (Phi) is 31.0. The van der Waals surface area contributed by atoms with E-state index in [4.69, 9.17) is 21.3 Å². The Labute approximate surface area is 734 Å². The van der Waals surface area contributed by atoms with E-state index in [2.05, 4.69) is 79.6 Å². The molecule has 33 heteroatoms. The van der Waals surface area contributed by atoms with Gasteiger partial charge in [0.05, 0.1) is 57.1 Å². The lowest BCUT2D eigenvalue weighted by Gasteiger charge is -2.44. The van der Waals surface area contributed by atoms with Crippen molar-refractivity contribution in [3.05, 3.63) is 189 Å². The summed E-state index contributed by atoms with van der Waals surface area (Å²) in [6.07, 6.45) is 7.00. The minimum absolute atomic E-state index is 0.0203. The van der Waals surface area contributed by atoms with Gasteiger partial charge in [-0.1, -0.05) is 99.5 Å². The van der Waals surface area contributed by atoms with Gasteiger partial charge in [0, 0.05) is 183 Å². The maximum absolute atomic E-state index is 14.5. The van der Waals surface area contributed by atoms with Crippen LogP contribution in [0.5, 0.6) is 0 Å². The van der Waals surface area contributed by atoms with Crippen LogP contribution in [-0.2, 0) is 45.5 Å². The standard InChI is InChI=1S/C90H115ClF3N15O10S4/c1-63(65-15-17-67(18-16-65)82-64(2)97-62-121-82)98-86(113)79-14-10-36-109(79)87(114)83(88(3,4)5)100-81(110)59-106-41-39-103(40-42-106)38-34-95-84(111)69-21-26-72(96-56-69)58-105-43-45-107(46-44-105)61-89(6)33-31-77(66-19-24-71(91)25-20-66)70(55-89)57-104-47-49-108(50-48-104)74-27-22-68(23-28-74)85(112)101-123(117,118)76-29-30-78(80(54-76)122(115,116)90(92,93)94)99-73(60-120-75-12-8-7-9-13-75)32-37-102-35-11-52-119-53-51-102/h7-9,12-13,15-30,54,56,62-63,73,79,83,99H,10-11,14,31-53,55,57-61H2,1-6H3,(H,95,111)(H,98,113)(H,100,110)(H,101,112)/t63-,73+,79-,83+,89+/m0/s1. The van der Waals surface area contributed by atoms with Crippen LogP contribution in [0.25, 0.3) is 16.0 Å². The number of hydrogen-bond donors (Lipinski definition) is 5. The Morgan fingerprint density at radius 1 is 0.691 bits per heavy atom. The van der Waals surface area contributed by atoms with E-state index >= 15 is 0 Å². The average molecular weight is 1790 g/mol. The van der Waals surface area contributed by atoms with Crippen LogP contribution in [0.1, 0.15) is 129 Å². The van der Waals surface area contributed by atoms with E-state index in [0.717, 1.165) is 135 Å². The molecule has 5 amide bonds. The second kappa shape index (κ2) is 41.4. The van der Waals surface area contributed by atoms with E-state index in [1.165, 1.54) is 40.6 Å². The molecule has 5 fully saturated rings. The Bertz CT molecular complexity index is 5040. The number of ether oxygens (including phenoxy) is 1. The molecule has 2 aromatic heterocycles. The molecule has 0 unspecified atom stereocenters. The number of amides is 5. The number of thiazole rings is 1. The lowest BCUT2D eigenvalue weighted by molar-refractivity contribution is -0.144. The SMILES string of the molecule is Cc1ncsc1-c1ccc([C@H](C)NC(=O)[C@@H]2CCCN2C(=O)[C@@H](NC(=O)CN2CCN(CCNC(=O)c3ccc(CN4CCN(C[C@]5(C)CCC(c6ccc(Cl)cc6)=C(CN6CCN(c7ccc(C(=O)NS(=O)(=O)c8ccc(N[C@H](CCN9CCCOCC9)CSc9ccccc9)c(S(=O)(=O)C(F)(F)F)c8)cc7)CC6)C5)CC4)nc3)CC2)C(C)(C)C)cc1. The Balaban J connectivity index is 0.532. The van der Waals surface area contributed by atoms with Gasteiger partial charge in [-0.05, 0) is 171 Å². The molecule has 13 rings (SSSR count). The van der Waals surface area contributed by atoms with Crippen LogP contribution in [-0.4, -0.2) is 271 Å². The molecule has 123 heavy (non-hydrogen) atoms.